The van der Waals surface area contributed by atoms with Crippen molar-refractivity contribution in [2.24, 2.45) is 0 Å². The Morgan fingerprint density at radius 1 is 0.900 bits per heavy atom. The molecule has 0 spiro atoms. The van der Waals surface area contributed by atoms with Crippen molar-refractivity contribution in [3.8, 4) is 5.82 Å². The third kappa shape index (κ3) is 4.34. The van der Waals surface area contributed by atoms with E-state index < -0.39 is 10.2 Å². The largest absolute Gasteiger partial charge is 0.299 e. The van der Waals surface area contributed by atoms with E-state index in [2.05, 4.69) is 15.1 Å². The van der Waals surface area contributed by atoms with Crippen LogP contribution in [-0.4, -0.2) is 87.3 Å². The van der Waals surface area contributed by atoms with E-state index in [1.54, 1.807) is 19.4 Å². The standard InChI is InChI=1S/C19H29N7O3S/c1-16-15-17(2)26(20-16)18-5-6-19(27)25(21-18)14-11-22-9-12-24(13-10-22)30(28,29)23-7-3-4-8-23/h5-6,15H,3-4,7-14H2,1-2H3. The molecule has 0 unspecified atom stereocenters. The summed E-state index contributed by atoms with van der Waals surface area (Å²) in [6.45, 7) is 8.48. The molecule has 164 valence electrons. The molecule has 0 N–H and O–H groups in total. The number of hydrogen-bond donors (Lipinski definition) is 0. The van der Waals surface area contributed by atoms with E-state index >= 15 is 0 Å². The van der Waals surface area contributed by atoms with Gasteiger partial charge in [-0.05, 0) is 38.8 Å². The van der Waals surface area contributed by atoms with Crippen molar-refractivity contribution < 1.29 is 8.42 Å². The highest BCUT2D eigenvalue weighted by Crippen LogP contribution is 2.18. The van der Waals surface area contributed by atoms with Crippen LogP contribution < -0.4 is 5.56 Å². The van der Waals surface area contributed by atoms with Crippen molar-refractivity contribution in [2.45, 2.75) is 33.2 Å². The number of piperazine rings is 1. The first-order valence-electron chi connectivity index (χ1n) is 10.4. The first-order chi connectivity index (χ1) is 14.3. The molecule has 0 bridgehead atoms. The van der Waals surface area contributed by atoms with Gasteiger partial charge in [0, 0.05) is 57.6 Å². The minimum atomic E-state index is -3.33. The van der Waals surface area contributed by atoms with Crippen LogP contribution in [0, 0.1) is 13.8 Å². The van der Waals surface area contributed by atoms with Gasteiger partial charge < -0.3 is 0 Å². The lowest BCUT2D eigenvalue weighted by Gasteiger charge is -2.35. The molecule has 4 heterocycles. The van der Waals surface area contributed by atoms with Crippen LogP contribution in [0.3, 0.4) is 0 Å². The predicted octanol–water partition coefficient (Wildman–Crippen LogP) is 0.00404. The Morgan fingerprint density at radius 3 is 2.20 bits per heavy atom. The van der Waals surface area contributed by atoms with Crippen LogP contribution in [0.25, 0.3) is 5.82 Å². The lowest BCUT2D eigenvalue weighted by atomic mass is 10.3. The molecular formula is C19H29N7O3S. The molecule has 2 aliphatic rings. The van der Waals surface area contributed by atoms with Crippen molar-refractivity contribution in [3.05, 3.63) is 39.9 Å². The molecule has 4 rings (SSSR count). The van der Waals surface area contributed by atoms with E-state index in [4.69, 9.17) is 0 Å². The molecule has 11 heteroatoms. The van der Waals surface area contributed by atoms with Crippen molar-refractivity contribution in [2.75, 3.05) is 45.8 Å². The monoisotopic (exact) mass is 435 g/mol. The lowest BCUT2D eigenvalue weighted by Crippen LogP contribution is -2.53. The summed E-state index contributed by atoms with van der Waals surface area (Å²) in [4.78, 5) is 14.4. The summed E-state index contributed by atoms with van der Waals surface area (Å²) in [6, 6.07) is 5.16. The molecule has 0 atom stereocenters. The van der Waals surface area contributed by atoms with Gasteiger partial charge in [0.05, 0.1) is 12.2 Å². The maximum absolute atomic E-state index is 12.7. The first kappa shape index (κ1) is 21.2. The summed E-state index contributed by atoms with van der Waals surface area (Å²) >= 11 is 0. The van der Waals surface area contributed by atoms with Crippen LogP contribution in [0.15, 0.2) is 23.0 Å². The molecule has 0 radical (unpaired) electrons. The quantitative estimate of drug-likeness (QED) is 0.634. The summed E-state index contributed by atoms with van der Waals surface area (Å²) in [6.07, 6.45) is 1.88. The van der Waals surface area contributed by atoms with Gasteiger partial charge in [-0.15, -0.1) is 5.10 Å². The zero-order chi connectivity index (χ0) is 21.3. The van der Waals surface area contributed by atoms with Crippen molar-refractivity contribution in [1.82, 2.24) is 33.1 Å². The lowest BCUT2D eigenvalue weighted by molar-refractivity contribution is 0.175. The van der Waals surface area contributed by atoms with E-state index in [-0.39, 0.29) is 5.56 Å². The van der Waals surface area contributed by atoms with Gasteiger partial charge >= 0.3 is 0 Å². The molecule has 0 saturated carbocycles. The molecule has 2 saturated heterocycles. The average Bonchev–Trinajstić information content (AvgIpc) is 3.38. The molecule has 30 heavy (non-hydrogen) atoms. The van der Waals surface area contributed by atoms with E-state index in [0.717, 1.165) is 24.2 Å². The number of nitrogens with zero attached hydrogens (tertiary/aromatic N) is 7. The smallest absolute Gasteiger partial charge is 0.282 e. The van der Waals surface area contributed by atoms with Crippen molar-refractivity contribution in [1.29, 1.82) is 0 Å². The molecule has 0 aliphatic carbocycles. The highest BCUT2D eigenvalue weighted by Gasteiger charge is 2.33. The molecule has 2 aromatic heterocycles. The van der Waals surface area contributed by atoms with Crippen LogP contribution in [0.1, 0.15) is 24.2 Å². The average molecular weight is 436 g/mol. The fourth-order valence-electron chi connectivity index (χ4n) is 4.07. The second-order valence-electron chi connectivity index (χ2n) is 7.95. The van der Waals surface area contributed by atoms with Crippen LogP contribution in [0.2, 0.25) is 0 Å². The van der Waals surface area contributed by atoms with Crippen LogP contribution in [0.5, 0.6) is 0 Å². The summed E-state index contributed by atoms with van der Waals surface area (Å²) in [7, 11) is -3.33. The van der Waals surface area contributed by atoms with Crippen LogP contribution in [0.4, 0.5) is 0 Å². The minimum Gasteiger partial charge on any atom is -0.299 e. The Hall–Kier alpha value is -2.08. The van der Waals surface area contributed by atoms with Gasteiger partial charge in [0.15, 0.2) is 5.82 Å². The minimum absolute atomic E-state index is 0.157. The normalized spacial score (nSPS) is 19.5. The Morgan fingerprint density at radius 2 is 1.57 bits per heavy atom. The SMILES string of the molecule is Cc1cc(C)n(-c2ccc(=O)n(CCN3CCN(S(=O)(=O)N4CCCC4)CC3)n2)n1. The maximum atomic E-state index is 12.7. The summed E-state index contributed by atoms with van der Waals surface area (Å²) in [5, 5.41) is 8.90. The van der Waals surface area contributed by atoms with Gasteiger partial charge in [-0.2, -0.15) is 22.1 Å². The van der Waals surface area contributed by atoms with E-state index in [0.29, 0.717) is 58.2 Å². The maximum Gasteiger partial charge on any atom is 0.282 e. The zero-order valence-corrected chi connectivity index (χ0v) is 18.4. The van der Waals surface area contributed by atoms with Crippen LogP contribution >= 0.6 is 0 Å². The molecule has 2 aliphatic heterocycles. The Bertz CT molecular complexity index is 1050. The molecule has 10 nitrogen and oxygen atoms in total. The molecular weight excluding hydrogens is 406 g/mol. The Labute approximate surface area is 176 Å². The van der Waals surface area contributed by atoms with Crippen molar-refractivity contribution >= 4 is 10.2 Å². The fraction of sp³-hybridized carbons (Fsp3) is 0.632. The van der Waals surface area contributed by atoms with Gasteiger partial charge in [-0.25, -0.2) is 9.36 Å². The van der Waals surface area contributed by atoms with Crippen LogP contribution in [-0.2, 0) is 16.8 Å². The van der Waals surface area contributed by atoms with Crippen molar-refractivity contribution in [3.63, 3.8) is 0 Å². The Kier molecular flexibility index (Phi) is 6.05. The summed E-state index contributed by atoms with van der Waals surface area (Å²) < 4.78 is 31.7. The third-order valence-corrected chi connectivity index (χ3v) is 7.79. The van der Waals surface area contributed by atoms with Gasteiger partial charge in [-0.1, -0.05) is 0 Å². The predicted molar refractivity (Wildman–Crippen MR) is 113 cm³/mol. The molecule has 2 fully saturated rings. The van der Waals surface area contributed by atoms with Gasteiger partial charge in [0.2, 0.25) is 0 Å². The van der Waals surface area contributed by atoms with Gasteiger partial charge in [0.1, 0.15) is 0 Å². The van der Waals surface area contributed by atoms with Gasteiger partial charge in [-0.3, -0.25) is 9.69 Å². The highest BCUT2D eigenvalue weighted by atomic mass is 32.2. The number of hydrogen-bond acceptors (Lipinski definition) is 6. The number of rotatable bonds is 6. The van der Waals surface area contributed by atoms with E-state index in [1.807, 2.05) is 19.9 Å². The van der Waals surface area contributed by atoms with Gasteiger partial charge in [0.25, 0.3) is 15.8 Å². The highest BCUT2D eigenvalue weighted by molar-refractivity contribution is 7.86. The summed E-state index contributed by atoms with van der Waals surface area (Å²) in [5.74, 6) is 0.613. The van der Waals surface area contributed by atoms with E-state index in [1.165, 1.54) is 10.7 Å². The first-order valence-corrected chi connectivity index (χ1v) is 11.8. The summed E-state index contributed by atoms with van der Waals surface area (Å²) in [5.41, 5.74) is 1.70. The Balaban J connectivity index is 1.36. The molecule has 0 amide bonds. The van der Waals surface area contributed by atoms with E-state index in [9.17, 15) is 13.2 Å². The number of aromatic nitrogens is 4. The molecule has 2 aromatic rings. The zero-order valence-electron chi connectivity index (χ0n) is 17.6. The molecule has 0 aromatic carbocycles. The number of aryl methyl sites for hydroxylation is 2. The third-order valence-electron chi connectivity index (χ3n) is 5.76. The second kappa shape index (κ2) is 8.58. The fourth-order valence-corrected chi connectivity index (χ4v) is 5.75. The second-order valence-corrected chi connectivity index (χ2v) is 9.87. The topological polar surface area (TPSA) is 96.6 Å².